The van der Waals surface area contributed by atoms with Gasteiger partial charge in [-0.3, -0.25) is 9.69 Å². The molecule has 0 bridgehead atoms. The molecule has 4 heterocycles. The fourth-order valence-corrected chi connectivity index (χ4v) is 5.76. The number of carbonyl (C=O) groups is 1. The summed E-state index contributed by atoms with van der Waals surface area (Å²) in [5.41, 5.74) is 4.86. The van der Waals surface area contributed by atoms with Gasteiger partial charge in [-0.2, -0.15) is 0 Å². The normalized spacial score (nSPS) is 21.7. The van der Waals surface area contributed by atoms with Crippen LogP contribution in [-0.4, -0.2) is 58.0 Å². The number of ether oxygens (including phenoxy) is 1. The van der Waals surface area contributed by atoms with Crippen LogP contribution in [0.25, 0.3) is 10.6 Å². The SMILES string of the molecule is Cc1nc(C)c(-c2cc3c(c(C(C)N4CCOCC4)n2)C(=O)N([C@@H](C)C2CC2)C3)s1. The molecule has 2 aromatic rings. The second-order valence-corrected chi connectivity index (χ2v) is 10.1. The predicted molar refractivity (Wildman–Crippen MR) is 118 cm³/mol. The Bertz CT molecular complexity index is 978. The molecule has 30 heavy (non-hydrogen) atoms. The van der Waals surface area contributed by atoms with Gasteiger partial charge in [-0.25, -0.2) is 9.97 Å². The molecule has 3 aliphatic rings. The highest BCUT2D eigenvalue weighted by atomic mass is 32.1. The van der Waals surface area contributed by atoms with Gasteiger partial charge in [0.1, 0.15) is 0 Å². The number of carbonyl (C=O) groups excluding carboxylic acids is 1. The van der Waals surface area contributed by atoms with Gasteiger partial charge in [0.05, 0.1) is 51.8 Å². The van der Waals surface area contributed by atoms with Gasteiger partial charge in [0.2, 0.25) is 0 Å². The Balaban J connectivity index is 1.59. The first-order valence-electron chi connectivity index (χ1n) is 11.0. The summed E-state index contributed by atoms with van der Waals surface area (Å²) in [6, 6.07) is 2.52. The van der Waals surface area contributed by atoms with E-state index in [0.29, 0.717) is 18.5 Å². The number of pyridine rings is 1. The fourth-order valence-electron chi connectivity index (χ4n) is 4.88. The number of aromatic nitrogens is 2. The van der Waals surface area contributed by atoms with Gasteiger partial charge in [-0.15, -0.1) is 11.3 Å². The molecule has 160 valence electrons. The van der Waals surface area contributed by atoms with E-state index in [1.54, 1.807) is 11.3 Å². The number of nitrogens with zero attached hydrogens (tertiary/aromatic N) is 4. The number of thiazole rings is 1. The average molecular weight is 427 g/mol. The minimum absolute atomic E-state index is 0.0806. The van der Waals surface area contributed by atoms with Crippen LogP contribution in [0.15, 0.2) is 6.07 Å². The van der Waals surface area contributed by atoms with Crippen molar-refractivity contribution >= 4 is 17.2 Å². The third-order valence-electron chi connectivity index (χ3n) is 6.87. The van der Waals surface area contributed by atoms with E-state index >= 15 is 0 Å². The third-order valence-corrected chi connectivity index (χ3v) is 7.96. The lowest BCUT2D eigenvalue weighted by atomic mass is 10.0. The van der Waals surface area contributed by atoms with Gasteiger partial charge < -0.3 is 9.64 Å². The van der Waals surface area contributed by atoms with E-state index in [1.807, 2.05) is 13.8 Å². The maximum atomic E-state index is 13.5. The van der Waals surface area contributed by atoms with Crippen molar-refractivity contribution in [1.29, 1.82) is 0 Å². The van der Waals surface area contributed by atoms with Crippen LogP contribution in [0.5, 0.6) is 0 Å². The molecule has 1 unspecified atom stereocenters. The molecule has 2 aromatic heterocycles. The molecule has 7 heteroatoms. The van der Waals surface area contributed by atoms with Crippen molar-refractivity contribution < 1.29 is 9.53 Å². The number of rotatable bonds is 5. The van der Waals surface area contributed by atoms with Gasteiger partial charge in [0, 0.05) is 25.7 Å². The molecule has 0 radical (unpaired) electrons. The molecule has 5 rings (SSSR count). The summed E-state index contributed by atoms with van der Waals surface area (Å²) in [6.07, 6.45) is 2.47. The first-order chi connectivity index (χ1) is 14.4. The first-order valence-corrected chi connectivity index (χ1v) is 11.9. The Kier molecular flexibility index (Phi) is 5.16. The van der Waals surface area contributed by atoms with Crippen LogP contribution in [0.3, 0.4) is 0 Å². The summed E-state index contributed by atoms with van der Waals surface area (Å²) >= 11 is 1.69. The largest absolute Gasteiger partial charge is 0.379 e. The monoisotopic (exact) mass is 426 g/mol. The van der Waals surface area contributed by atoms with Gasteiger partial charge >= 0.3 is 0 Å². The van der Waals surface area contributed by atoms with E-state index < -0.39 is 0 Å². The minimum atomic E-state index is 0.0806. The van der Waals surface area contributed by atoms with Crippen molar-refractivity contribution in [3.8, 4) is 10.6 Å². The molecule has 2 atom stereocenters. The molecule has 0 aromatic carbocycles. The maximum absolute atomic E-state index is 13.5. The summed E-state index contributed by atoms with van der Waals surface area (Å²) in [5, 5.41) is 1.05. The van der Waals surface area contributed by atoms with Crippen LogP contribution < -0.4 is 0 Å². The van der Waals surface area contributed by atoms with E-state index in [0.717, 1.165) is 64.4 Å². The van der Waals surface area contributed by atoms with Crippen molar-refractivity contribution in [2.45, 2.75) is 59.2 Å². The molecular weight excluding hydrogens is 396 g/mol. The Morgan fingerprint density at radius 3 is 2.53 bits per heavy atom. The van der Waals surface area contributed by atoms with Gasteiger partial charge in [-0.05, 0) is 58.1 Å². The van der Waals surface area contributed by atoms with Crippen LogP contribution in [0, 0.1) is 19.8 Å². The summed E-state index contributed by atoms with van der Waals surface area (Å²) in [4.78, 5) is 28.8. The lowest BCUT2D eigenvalue weighted by Gasteiger charge is -2.32. The van der Waals surface area contributed by atoms with Crippen LogP contribution in [0.2, 0.25) is 0 Å². The highest BCUT2D eigenvalue weighted by Crippen LogP contribution is 2.41. The van der Waals surface area contributed by atoms with E-state index in [1.165, 1.54) is 12.8 Å². The summed E-state index contributed by atoms with van der Waals surface area (Å²) in [5.74, 6) is 0.818. The Morgan fingerprint density at radius 1 is 1.17 bits per heavy atom. The third kappa shape index (κ3) is 3.47. The number of hydrogen-bond acceptors (Lipinski definition) is 6. The van der Waals surface area contributed by atoms with E-state index in [-0.39, 0.29) is 11.9 Å². The minimum Gasteiger partial charge on any atom is -0.379 e. The molecule has 1 aliphatic carbocycles. The zero-order chi connectivity index (χ0) is 21.0. The average Bonchev–Trinajstić information content (AvgIpc) is 3.47. The second-order valence-electron chi connectivity index (χ2n) is 8.91. The predicted octanol–water partition coefficient (Wildman–Crippen LogP) is 3.97. The van der Waals surface area contributed by atoms with Crippen molar-refractivity contribution in [2.24, 2.45) is 5.92 Å². The highest BCUT2D eigenvalue weighted by Gasteiger charge is 2.41. The molecule has 0 N–H and O–H groups in total. The van der Waals surface area contributed by atoms with Crippen LogP contribution >= 0.6 is 11.3 Å². The van der Waals surface area contributed by atoms with Crippen molar-refractivity contribution in [2.75, 3.05) is 26.3 Å². The van der Waals surface area contributed by atoms with Gasteiger partial charge in [0.25, 0.3) is 5.91 Å². The number of morpholine rings is 1. The molecule has 2 fully saturated rings. The quantitative estimate of drug-likeness (QED) is 0.724. The van der Waals surface area contributed by atoms with Crippen molar-refractivity contribution in [3.05, 3.63) is 33.6 Å². The van der Waals surface area contributed by atoms with E-state index in [4.69, 9.17) is 9.72 Å². The van der Waals surface area contributed by atoms with Crippen LogP contribution in [-0.2, 0) is 11.3 Å². The van der Waals surface area contributed by atoms with Gasteiger partial charge in [-0.1, -0.05) is 0 Å². The summed E-state index contributed by atoms with van der Waals surface area (Å²) in [7, 11) is 0. The molecule has 1 saturated carbocycles. The highest BCUT2D eigenvalue weighted by molar-refractivity contribution is 7.15. The zero-order valence-corrected chi connectivity index (χ0v) is 19.1. The van der Waals surface area contributed by atoms with E-state index in [2.05, 4.69) is 34.7 Å². The maximum Gasteiger partial charge on any atom is 0.256 e. The van der Waals surface area contributed by atoms with Gasteiger partial charge in [0.15, 0.2) is 0 Å². The molecule has 1 amide bonds. The Hall–Kier alpha value is -1.83. The smallest absolute Gasteiger partial charge is 0.256 e. The van der Waals surface area contributed by atoms with Crippen molar-refractivity contribution in [1.82, 2.24) is 19.8 Å². The number of amides is 1. The fraction of sp³-hybridized carbons (Fsp3) is 0.609. The lowest BCUT2D eigenvalue weighted by molar-refractivity contribution is 0.0188. The zero-order valence-electron chi connectivity index (χ0n) is 18.3. The molecule has 6 nitrogen and oxygen atoms in total. The van der Waals surface area contributed by atoms with Crippen LogP contribution in [0.4, 0.5) is 0 Å². The first kappa shape index (κ1) is 20.1. The molecule has 0 spiro atoms. The number of aryl methyl sites for hydroxylation is 2. The summed E-state index contributed by atoms with van der Waals surface area (Å²) in [6.45, 7) is 12.4. The number of hydrogen-bond donors (Lipinski definition) is 0. The topological polar surface area (TPSA) is 58.6 Å². The molecular formula is C23H30N4O2S. The molecule has 2 aliphatic heterocycles. The number of fused-ring (bicyclic) bond motifs is 1. The van der Waals surface area contributed by atoms with Crippen molar-refractivity contribution in [3.63, 3.8) is 0 Å². The Morgan fingerprint density at radius 2 is 1.90 bits per heavy atom. The lowest BCUT2D eigenvalue weighted by Crippen LogP contribution is -2.39. The molecule has 1 saturated heterocycles. The van der Waals surface area contributed by atoms with E-state index in [9.17, 15) is 4.79 Å². The standard InChI is InChI=1S/C23H30N4O2S/c1-13-22(30-16(4)24-13)19-11-18-12-27(14(2)17-5-6-17)23(28)20(18)21(25-19)15(3)26-7-9-29-10-8-26/h11,14-15,17H,5-10,12H2,1-4H3/t14-,15?/m0/s1. The summed E-state index contributed by atoms with van der Waals surface area (Å²) < 4.78 is 5.55. The van der Waals surface area contributed by atoms with Crippen LogP contribution in [0.1, 0.15) is 65.0 Å². The second kappa shape index (κ2) is 7.70. The Labute approximate surface area is 182 Å².